The predicted octanol–water partition coefficient (Wildman–Crippen LogP) is 3.14. The summed E-state index contributed by atoms with van der Waals surface area (Å²) in [6, 6.07) is 7.85. The van der Waals surface area contributed by atoms with Gasteiger partial charge in [0.1, 0.15) is 0 Å². The zero-order valence-corrected chi connectivity index (χ0v) is 7.71. The summed E-state index contributed by atoms with van der Waals surface area (Å²) in [7, 11) is 0. The largest absolute Gasteiger partial charge is 0.194 e. The molecular formula is C8H7NS2. The minimum absolute atomic E-state index is 0.898. The van der Waals surface area contributed by atoms with Gasteiger partial charge in [0.25, 0.3) is 0 Å². The van der Waals surface area contributed by atoms with Crippen molar-refractivity contribution in [1.82, 2.24) is 0 Å². The summed E-state index contributed by atoms with van der Waals surface area (Å²) in [6.07, 6.45) is 2.01. The standard InChI is InChI=1S/C8H7NS2/c1-11-8-5-3-2-4-7(8)9-6-10/h2-5H,1H3. The Balaban J connectivity index is 3.11. The minimum Gasteiger partial charge on any atom is -0.194 e. The highest BCUT2D eigenvalue weighted by molar-refractivity contribution is 7.98. The molecule has 0 radical (unpaired) electrons. The average Bonchev–Trinajstić information content (AvgIpc) is 2.06. The molecule has 0 saturated carbocycles. The number of benzene rings is 1. The predicted molar refractivity (Wildman–Crippen MR) is 52.9 cm³/mol. The Morgan fingerprint density at radius 2 is 2.18 bits per heavy atom. The SMILES string of the molecule is CSc1ccccc1N=C=S. The van der Waals surface area contributed by atoms with Gasteiger partial charge in [0.05, 0.1) is 10.8 Å². The Kier molecular flexibility index (Phi) is 3.30. The van der Waals surface area contributed by atoms with E-state index in [-0.39, 0.29) is 0 Å². The van der Waals surface area contributed by atoms with Gasteiger partial charge < -0.3 is 0 Å². The van der Waals surface area contributed by atoms with Crippen LogP contribution in [0.5, 0.6) is 0 Å². The highest BCUT2D eigenvalue weighted by Crippen LogP contribution is 2.26. The van der Waals surface area contributed by atoms with E-state index in [0.29, 0.717) is 0 Å². The van der Waals surface area contributed by atoms with E-state index in [4.69, 9.17) is 0 Å². The Morgan fingerprint density at radius 1 is 1.45 bits per heavy atom. The molecule has 0 unspecified atom stereocenters. The van der Waals surface area contributed by atoms with Crippen LogP contribution in [0.25, 0.3) is 0 Å². The number of thioether (sulfide) groups is 1. The smallest absolute Gasteiger partial charge is 0.0875 e. The van der Waals surface area contributed by atoms with Crippen LogP contribution < -0.4 is 0 Å². The van der Waals surface area contributed by atoms with Crippen molar-refractivity contribution in [3.8, 4) is 0 Å². The Hall–Kier alpha value is -0.630. The Bertz CT molecular complexity index is 290. The van der Waals surface area contributed by atoms with E-state index in [9.17, 15) is 0 Å². The third-order valence-corrected chi connectivity index (χ3v) is 2.13. The van der Waals surface area contributed by atoms with Crippen molar-refractivity contribution in [1.29, 1.82) is 0 Å². The van der Waals surface area contributed by atoms with Crippen molar-refractivity contribution in [2.45, 2.75) is 4.90 Å². The second-order valence-electron chi connectivity index (χ2n) is 1.87. The maximum absolute atomic E-state index is 4.52. The maximum atomic E-state index is 4.52. The molecule has 1 rings (SSSR count). The van der Waals surface area contributed by atoms with Gasteiger partial charge in [0.15, 0.2) is 0 Å². The first-order valence-electron chi connectivity index (χ1n) is 3.09. The number of hydrogen-bond donors (Lipinski definition) is 0. The molecule has 0 N–H and O–H groups in total. The van der Waals surface area contributed by atoms with E-state index in [1.165, 1.54) is 0 Å². The number of aliphatic imine (C=N–C) groups is 1. The quantitative estimate of drug-likeness (QED) is 0.395. The minimum atomic E-state index is 0.898. The van der Waals surface area contributed by atoms with E-state index in [0.717, 1.165) is 10.6 Å². The molecule has 11 heavy (non-hydrogen) atoms. The molecule has 0 aliphatic carbocycles. The van der Waals surface area contributed by atoms with Crippen molar-refractivity contribution in [2.75, 3.05) is 6.26 Å². The van der Waals surface area contributed by atoms with Crippen LogP contribution in [0.4, 0.5) is 5.69 Å². The summed E-state index contributed by atoms with van der Waals surface area (Å²) in [5.41, 5.74) is 0.898. The van der Waals surface area contributed by atoms with Crippen molar-refractivity contribution >= 4 is 34.8 Å². The molecule has 0 heterocycles. The fourth-order valence-corrected chi connectivity index (χ4v) is 1.41. The van der Waals surface area contributed by atoms with Crippen LogP contribution in [0.3, 0.4) is 0 Å². The van der Waals surface area contributed by atoms with Crippen LogP contribution in [0, 0.1) is 0 Å². The normalized spacial score (nSPS) is 8.82. The summed E-state index contributed by atoms with van der Waals surface area (Å²) in [6.45, 7) is 0. The van der Waals surface area contributed by atoms with Crippen LogP contribution in [0.2, 0.25) is 0 Å². The summed E-state index contributed by atoms with van der Waals surface area (Å²) >= 11 is 6.17. The second kappa shape index (κ2) is 4.29. The zero-order valence-electron chi connectivity index (χ0n) is 6.07. The van der Waals surface area contributed by atoms with Gasteiger partial charge in [-0.25, -0.2) is 0 Å². The van der Waals surface area contributed by atoms with Gasteiger partial charge in [-0.3, -0.25) is 0 Å². The van der Waals surface area contributed by atoms with Gasteiger partial charge in [-0.05, 0) is 30.6 Å². The molecule has 1 aromatic carbocycles. The number of nitrogens with zero attached hydrogens (tertiary/aromatic N) is 1. The van der Waals surface area contributed by atoms with Crippen LogP contribution in [-0.4, -0.2) is 11.4 Å². The maximum Gasteiger partial charge on any atom is 0.0875 e. The van der Waals surface area contributed by atoms with E-state index in [1.54, 1.807) is 11.8 Å². The third kappa shape index (κ3) is 2.15. The number of rotatable bonds is 2. The van der Waals surface area contributed by atoms with Gasteiger partial charge in [0.2, 0.25) is 0 Å². The molecular weight excluding hydrogens is 174 g/mol. The van der Waals surface area contributed by atoms with E-state index >= 15 is 0 Å². The molecule has 0 bridgehead atoms. The lowest BCUT2D eigenvalue weighted by Gasteiger charge is -1.97. The third-order valence-electron chi connectivity index (χ3n) is 1.25. The first-order chi connectivity index (χ1) is 5.38. The molecule has 0 spiro atoms. The summed E-state index contributed by atoms with van der Waals surface area (Å²) in [4.78, 5) is 5.05. The van der Waals surface area contributed by atoms with Crippen molar-refractivity contribution in [3.63, 3.8) is 0 Å². The van der Waals surface area contributed by atoms with Crippen LogP contribution in [-0.2, 0) is 0 Å². The number of isothiocyanates is 1. The molecule has 0 fully saturated rings. The average molecular weight is 181 g/mol. The first-order valence-corrected chi connectivity index (χ1v) is 4.72. The summed E-state index contributed by atoms with van der Waals surface area (Å²) < 4.78 is 0. The van der Waals surface area contributed by atoms with Crippen molar-refractivity contribution in [2.24, 2.45) is 4.99 Å². The number of para-hydroxylation sites is 1. The molecule has 56 valence electrons. The molecule has 0 aliphatic heterocycles. The Labute approximate surface area is 75.5 Å². The molecule has 3 heteroatoms. The highest BCUT2D eigenvalue weighted by Gasteiger charge is 1.95. The molecule has 0 saturated heterocycles. The topological polar surface area (TPSA) is 12.4 Å². The lowest BCUT2D eigenvalue weighted by atomic mass is 10.3. The van der Waals surface area contributed by atoms with Crippen LogP contribution >= 0.6 is 24.0 Å². The molecule has 0 aromatic heterocycles. The fraction of sp³-hybridized carbons (Fsp3) is 0.125. The molecule has 0 amide bonds. The van der Waals surface area contributed by atoms with E-state index in [1.807, 2.05) is 30.5 Å². The second-order valence-corrected chi connectivity index (χ2v) is 2.91. The van der Waals surface area contributed by atoms with Gasteiger partial charge in [-0.1, -0.05) is 12.1 Å². The highest BCUT2D eigenvalue weighted by atomic mass is 32.2. The molecule has 1 nitrogen and oxygen atoms in total. The number of thiocarbonyl (C=S) groups is 1. The molecule has 0 atom stereocenters. The number of hydrogen-bond acceptors (Lipinski definition) is 3. The molecule has 1 aromatic rings. The summed E-state index contributed by atoms with van der Waals surface area (Å²) in [5.74, 6) is 0. The van der Waals surface area contributed by atoms with E-state index in [2.05, 4.69) is 22.4 Å². The fourth-order valence-electron chi connectivity index (χ4n) is 0.771. The first kappa shape index (κ1) is 8.47. The summed E-state index contributed by atoms with van der Waals surface area (Å²) in [5, 5.41) is 2.35. The monoisotopic (exact) mass is 181 g/mol. The Morgan fingerprint density at radius 3 is 2.82 bits per heavy atom. The van der Waals surface area contributed by atoms with Crippen molar-refractivity contribution in [3.05, 3.63) is 24.3 Å². The van der Waals surface area contributed by atoms with Crippen LogP contribution in [0.15, 0.2) is 34.2 Å². The van der Waals surface area contributed by atoms with Gasteiger partial charge in [-0.15, -0.1) is 11.8 Å². The van der Waals surface area contributed by atoms with Crippen LogP contribution in [0.1, 0.15) is 0 Å². The lowest BCUT2D eigenvalue weighted by molar-refractivity contribution is 1.39. The lowest BCUT2D eigenvalue weighted by Crippen LogP contribution is -1.69. The molecule has 0 aliphatic rings. The zero-order chi connectivity index (χ0) is 8.10. The van der Waals surface area contributed by atoms with E-state index < -0.39 is 0 Å². The van der Waals surface area contributed by atoms with Crippen molar-refractivity contribution < 1.29 is 0 Å². The van der Waals surface area contributed by atoms with Gasteiger partial charge in [-0.2, -0.15) is 4.99 Å². The van der Waals surface area contributed by atoms with Gasteiger partial charge in [0, 0.05) is 4.90 Å². The van der Waals surface area contributed by atoms with Gasteiger partial charge >= 0.3 is 0 Å².